The van der Waals surface area contributed by atoms with Crippen molar-refractivity contribution in [2.24, 2.45) is 5.92 Å². The zero-order chi connectivity index (χ0) is 17.1. The summed E-state index contributed by atoms with van der Waals surface area (Å²) in [5.74, 6) is -0.447. The highest BCUT2D eigenvalue weighted by Crippen LogP contribution is 2.24. The molecule has 6 nitrogen and oxygen atoms in total. The molecule has 1 atom stereocenters. The number of hydrogen-bond acceptors (Lipinski definition) is 3. The second-order valence-electron chi connectivity index (χ2n) is 6.36. The number of carbonyl (C=O) groups is 2. The summed E-state index contributed by atoms with van der Waals surface area (Å²) in [5, 5.41) is 5.84. The summed E-state index contributed by atoms with van der Waals surface area (Å²) in [6, 6.07) is 4.08. The highest BCUT2D eigenvalue weighted by atomic mass is 19.1. The minimum Gasteiger partial charge on any atom is -0.338 e. The topological polar surface area (TPSA) is 64.7 Å². The van der Waals surface area contributed by atoms with Crippen molar-refractivity contribution in [2.75, 3.05) is 44.7 Å². The van der Waals surface area contributed by atoms with Crippen molar-refractivity contribution in [3.8, 4) is 0 Å². The number of nitrogens with zero attached hydrogens (tertiary/aromatic N) is 2. The van der Waals surface area contributed by atoms with Crippen molar-refractivity contribution >= 4 is 17.6 Å². The number of hydrogen-bond donors (Lipinski definition) is 2. The Bertz CT molecular complexity index is 635. The van der Waals surface area contributed by atoms with Crippen LogP contribution in [0, 0.1) is 11.7 Å². The molecule has 2 heterocycles. The van der Waals surface area contributed by atoms with Crippen LogP contribution >= 0.6 is 0 Å². The highest BCUT2D eigenvalue weighted by molar-refractivity contribution is 5.98. The smallest absolute Gasteiger partial charge is 0.321 e. The van der Waals surface area contributed by atoms with Gasteiger partial charge < -0.3 is 15.5 Å². The van der Waals surface area contributed by atoms with Gasteiger partial charge in [-0.1, -0.05) is 0 Å². The maximum absolute atomic E-state index is 14.2. The molecule has 0 radical (unpaired) electrons. The highest BCUT2D eigenvalue weighted by Gasteiger charge is 2.28. The molecule has 2 fully saturated rings. The summed E-state index contributed by atoms with van der Waals surface area (Å²) in [5.41, 5.74) is 0.593. The van der Waals surface area contributed by atoms with E-state index < -0.39 is 5.82 Å². The molecule has 0 spiro atoms. The van der Waals surface area contributed by atoms with Gasteiger partial charge in [0.15, 0.2) is 0 Å². The Balaban J connectivity index is 1.80. The number of piperidine rings is 1. The van der Waals surface area contributed by atoms with Crippen LogP contribution < -0.4 is 15.5 Å². The van der Waals surface area contributed by atoms with Gasteiger partial charge in [0.1, 0.15) is 5.82 Å². The van der Waals surface area contributed by atoms with Gasteiger partial charge in [0.05, 0.1) is 5.56 Å². The molecule has 1 aromatic carbocycles. The summed E-state index contributed by atoms with van der Waals surface area (Å²) in [7, 11) is 1.89. The molecule has 0 aromatic heterocycles. The van der Waals surface area contributed by atoms with E-state index in [2.05, 4.69) is 10.6 Å². The third-order valence-electron chi connectivity index (χ3n) is 4.65. The van der Waals surface area contributed by atoms with Crippen LogP contribution in [0.25, 0.3) is 0 Å². The van der Waals surface area contributed by atoms with Gasteiger partial charge in [-0.3, -0.25) is 9.69 Å². The molecule has 24 heavy (non-hydrogen) atoms. The molecule has 7 heteroatoms. The van der Waals surface area contributed by atoms with Gasteiger partial charge in [-0.25, -0.2) is 9.18 Å². The first kappa shape index (κ1) is 16.7. The fourth-order valence-corrected chi connectivity index (χ4v) is 3.44. The minimum absolute atomic E-state index is 0.0392. The lowest BCUT2D eigenvalue weighted by atomic mass is 9.97. The van der Waals surface area contributed by atoms with Gasteiger partial charge in [-0.2, -0.15) is 0 Å². The fraction of sp³-hybridized carbons (Fsp3) is 0.529. The Labute approximate surface area is 141 Å². The summed E-state index contributed by atoms with van der Waals surface area (Å²) < 4.78 is 14.2. The van der Waals surface area contributed by atoms with Crippen molar-refractivity contribution in [3.05, 3.63) is 29.6 Å². The first-order chi connectivity index (χ1) is 11.6. The predicted octanol–water partition coefficient (Wildman–Crippen LogP) is 1.43. The standard InChI is InChI=1S/C17H23FN4O2/c1-19-10-12-3-2-7-21(11-12)16(23)14-9-13(4-5-15(14)18)22-8-6-20-17(22)24/h4-5,9,12,19H,2-3,6-8,10-11H2,1H3,(H,20,24). The van der Waals surface area contributed by atoms with Crippen molar-refractivity contribution in [3.63, 3.8) is 0 Å². The first-order valence-electron chi connectivity index (χ1n) is 8.39. The van der Waals surface area contributed by atoms with Crippen LogP contribution in [-0.2, 0) is 0 Å². The Morgan fingerprint density at radius 1 is 1.42 bits per heavy atom. The number of urea groups is 1. The van der Waals surface area contributed by atoms with Crippen LogP contribution in [0.5, 0.6) is 0 Å². The van der Waals surface area contributed by atoms with E-state index in [1.54, 1.807) is 4.90 Å². The van der Waals surface area contributed by atoms with Crippen LogP contribution in [0.2, 0.25) is 0 Å². The van der Waals surface area contributed by atoms with E-state index in [1.807, 2.05) is 7.05 Å². The average Bonchev–Trinajstić information content (AvgIpc) is 3.01. The van der Waals surface area contributed by atoms with Gasteiger partial charge in [-0.05, 0) is 50.6 Å². The van der Waals surface area contributed by atoms with Gasteiger partial charge in [0.25, 0.3) is 5.91 Å². The van der Waals surface area contributed by atoms with E-state index in [0.717, 1.165) is 19.4 Å². The molecule has 2 saturated heterocycles. The van der Waals surface area contributed by atoms with Crippen LogP contribution in [0.3, 0.4) is 0 Å². The van der Waals surface area contributed by atoms with E-state index in [1.165, 1.54) is 23.1 Å². The minimum atomic E-state index is -0.543. The van der Waals surface area contributed by atoms with Crippen molar-refractivity contribution in [1.29, 1.82) is 0 Å². The van der Waals surface area contributed by atoms with Crippen LogP contribution in [-0.4, -0.2) is 56.6 Å². The van der Waals surface area contributed by atoms with E-state index in [9.17, 15) is 14.0 Å². The Morgan fingerprint density at radius 2 is 2.25 bits per heavy atom. The molecule has 2 N–H and O–H groups in total. The molecule has 2 aliphatic heterocycles. The number of amides is 3. The lowest BCUT2D eigenvalue weighted by molar-refractivity contribution is 0.0669. The summed E-state index contributed by atoms with van der Waals surface area (Å²) in [4.78, 5) is 27.8. The van der Waals surface area contributed by atoms with Crippen LogP contribution in [0.15, 0.2) is 18.2 Å². The third-order valence-corrected chi connectivity index (χ3v) is 4.65. The fourth-order valence-electron chi connectivity index (χ4n) is 3.44. The molecule has 1 aromatic rings. The molecule has 0 bridgehead atoms. The van der Waals surface area contributed by atoms with Crippen molar-refractivity contribution < 1.29 is 14.0 Å². The summed E-state index contributed by atoms with van der Waals surface area (Å²) >= 11 is 0. The maximum atomic E-state index is 14.2. The molecule has 0 aliphatic carbocycles. The molecule has 1 unspecified atom stereocenters. The first-order valence-corrected chi connectivity index (χ1v) is 8.39. The van der Waals surface area contributed by atoms with E-state index in [4.69, 9.17) is 0 Å². The summed E-state index contributed by atoms with van der Waals surface area (Å²) in [6.07, 6.45) is 2.00. The lowest BCUT2D eigenvalue weighted by Gasteiger charge is -2.33. The summed E-state index contributed by atoms with van der Waals surface area (Å²) in [6.45, 7) is 3.20. The Hall–Kier alpha value is -2.15. The van der Waals surface area contributed by atoms with Gasteiger partial charge in [0.2, 0.25) is 0 Å². The maximum Gasteiger partial charge on any atom is 0.321 e. The number of benzene rings is 1. The molecular formula is C17H23FN4O2. The molecule has 130 valence electrons. The Morgan fingerprint density at radius 3 is 2.96 bits per heavy atom. The molecule has 3 rings (SSSR count). The number of carbonyl (C=O) groups excluding carboxylic acids is 2. The van der Waals surface area contributed by atoms with Crippen molar-refractivity contribution in [1.82, 2.24) is 15.5 Å². The SMILES string of the molecule is CNCC1CCCN(C(=O)c2cc(N3CCNC3=O)ccc2F)C1. The molecule has 3 amide bonds. The van der Waals surface area contributed by atoms with E-state index >= 15 is 0 Å². The van der Waals surface area contributed by atoms with Gasteiger partial charge in [0, 0.05) is 31.9 Å². The monoisotopic (exact) mass is 334 g/mol. The van der Waals surface area contributed by atoms with E-state index in [-0.39, 0.29) is 17.5 Å². The number of anilines is 1. The second kappa shape index (κ2) is 7.17. The Kier molecular flexibility index (Phi) is 4.99. The van der Waals surface area contributed by atoms with Crippen LogP contribution in [0.4, 0.5) is 14.9 Å². The molecule has 2 aliphatic rings. The zero-order valence-corrected chi connectivity index (χ0v) is 13.8. The predicted molar refractivity (Wildman–Crippen MR) is 89.7 cm³/mol. The third kappa shape index (κ3) is 3.36. The second-order valence-corrected chi connectivity index (χ2v) is 6.36. The van der Waals surface area contributed by atoms with Gasteiger partial charge in [-0.15, -0.1) is 0 Å². The number of rotatable bonds is 4. The average molecular weight is 334 g/mol. The normalized spacial score (nSPS) is 21.1. The quantitative estimate of drug-likeness (QED) is 0.875. The van der Waals surface area contributed by atoms with Crippen LogP contribution in [0.1, 0.15) is 23.2 Å². The zero-order valence-electron chi connectivity index (χ0n) is 13.8. The van der Waals surface area contributed by atoms with E-state index in [0.29, 0.717) is 37.8 Å². The largest absolute Gasteiger partial charge is 0.338 e. The number of nitrogens with one attached hydrogen (secondary N) is 2. The lowest BCUT2D eigenvalue weighted by Crippen LogP contribution is -2.42. The van der Waals surface area contributed by atoms with Crippen molar-refractivity contribution in [2.45, 2.75) is 12.8 Å². The van der Waals surface area contributed by atoms with Gasteiger partial charge >= 0.3 is 6.03 Å². The molecule has 0 saturated carbocycles. The number of halogens is 1. The molecular weight excluding hydrogens is 311 g/mol. The number of likely N-dealkylation sites (tertiary alicyclic amines) is 1.